The zero-order chi connectivity index (χ0) is 14.4. The largest absolute Gasteiger partial charge is 0.327 e. The second kappa shape index (κ2) is 7.90. The van der Waals surface area contributed by atoms with Crippen LogP contribution in [0.4, 0.5) is 0 Å². The van der Waals surface area contributed by atoms with Crippen molar-refractivity contribution in [2.45, 2.75) is 57.9 Å². The summed E-state index contributed by atoms with van der Waals surface area (Å²) in [6.07, 6.45) is 7.73. The molecular weight excluding hydrogens is 291 g/mol. The molecule has 0 fully saturated rings. The van der Waals surface area contributed by atoms with E-state index in [4.69, 9.17) is 23.2 Å². The number of unbranched alkanes of at least 4 members (excludes halogenated alkanes) is 5. The van der Waals surface area contributed by atoms with Crippen LogP contribution in [0, 0.1) is 0 Å². The number of alkyl halides is 1. The van der Waals surface area contributed by atoms with Crippen molar-refractivity contribution in [2.75, 3.05) is 0 Å². The quantitative estimate of drug-likeness (QED) is 0.445. The van der Waals surface area contributed by atoms with Crippen LogP contribution in [-0.4, -0.2) is 9.55 Å². The van der Waals surface area contributed by atoms with E-state index in [1.54, 1.807) is 0 Å². The Morgan fingerprint density at radius 3 is 2.60 bits per heavy atom. The SMILES string of the molecule is CCCCCCCCn1c(CCl)nc2c(Cl)cccc21. The fraction of sp³-hybridized carbons (Fsp3) is 0.562. The lowest BCUT2D eigenvalue weighted by atomic mass is 10.1. The Morgan fingerprint density at radius 2 is 1.85 bits per heavy atom. The average Bonchev–Trinajstić information content (AvgIpc) is 2.82. The second-order valence-electron chi connectivity index (χ2n) is 5.19. The molecule has 0 radical (unpaired) electrons. The number of hydrogen-bond donors (Lipinski definition) is 0. The molecule has 2 rings (SSSR count). The number of halogens is 2. The lowest BCUT2D eigenvalue weighted by molar-refractivity contribution is 0.557. The van der Waals surface area contributed by atoms with E-state index in [9.17, 15) is 0 Å². The summed E-state index contributed by atoms with van der Waals surface area (Å²) in [6, 6.07) is 5.92. The van der Waals surface area contributed by atoms with Crippen LogP contribution in [0.3, 0.4) is 0 Å². The summed E-state index contributed by atoms with van der Waals surface area (Å²) < 4.78 is 2.22. The topological polar surface area (TPSA) is 17.8 Å². The highest BCUT2D eigenvalue weighted by atomic mass is 35.5. The third kappa shape index (κ3) is 3.67. The van der Waals surface area contributed by atoms with Gasteiger partial charge in [0.1, 0.15) is 11.3 Å². The van der Waals surface area contributed by atoms with Crippen molar-refractivity contribution >= 4 is 34.2 Å². The van der Waals surface area contributed by atoms with Gasteiger partial charge in [0, 0.05) is 6.54 Å². The lowest BCUT2D eigenvalue weighted by Gasteiger charge is -2.07. The predicted octanol–water partition coefficient (Wildman–Crippen LogP) is 5.79. The Kier molecular flexibility index (Phi) is 6.18. The molecule has 0 atom stereocenters. The van der Waals surface area contributed by atoms with Crippen molar-refractivity contribution < 1.29 is 0 Å². The van der Waals surface area contributed by atoms with Crippen molar-refractivity contribution in [3.05, 3.63) is 29.0 Å². The molecule has 1 aromatic carbocycles. The van der Waals surface area contributed by atoms with Gasteiger partial charge < -0.3 is 4.57 Å². The number of nitrogens with zero attached hydrogens (tertiary/aromatic N) is 2. The van der Waals surface area contributed by atoms with E-state index >= 15 is 0 Å². The first-order valence-electron chi connectivity index (χ1n) is 7.47. The van der Waals surface area contributed by atoms with Gasteiger partial charge in [-0.3, -0.25) is 0 Å². The van der Waals surface area contributed by atoms with Crippen molar-refractivity contribution in [1.29, 1.82) is 0 Å². The molecule has 0 saturated heterocycles. The maximum Gasteiger partial charge on any atom is 0.124 e. The molecule has 0 bridgehead atoms. The maximum atomic E-state index is 6.20. The first-order valence-corrected chi connectivity index (χ1v) is 8.38. The van der Waals surface area contributed by atoms with Gasteiger partial charge in [-0.2, -0.15) is 0 Å². The molecule has 0 saturated carbocycles. The standard InChI is InChI=1S/C16H22Cl2N2/c1-2-3-4-5-6-7-11-20-14-10-8-9-13(18)16(14)19-15(20)12-17/h8-10H,2-7,11-12H2,1H3. The van der Waals surface area contributed by atoms with Crippen LogP contribution >= 0.6 is 23.2 Å². The van der Waals surface area contributed by atoms with Gasteiger partial charge in [-0.1, -0.05) is 56.7 Å². The van der Waals surface area contributed by atoms with Crippen molar-refractivity contribution in [1.82, 2.24) is 9.55 Å². The van der Waals surface area contributed by atoms with Crippen LogP contribution < -0.4 is 0 Å². The molecule has 0 amide bonds. The molecule has 1 aromatic heterocycles. The first-order chi connectivity index (χ1) is 9.77. The van der Waals surface area contributed by atoms with Gasteiger partial charge in [0.25, 0.3) is 0 Å². The summed E-state index contributed by atoms with van der Waals surface area (Å²) in [5, 5.41) is 0.704. The Hall–Kier alpha value is -0.730. The van der Waals surface area contributed by atoms with Gasteiger partial charge >= 0.3 is 0 Å². The molecule has 0 aliphatic rings. The zero-order valence-electron chi connectivity index (χ0n) is 12.0. The summed E-state index contributed by atoms with van der Waals surface area (Å²) in [4.78, 5) is 4.56. The summed E-state index contributed by atoms with van der Waals surface area (Å²) in [5.41, 5.74) is 1.97. The van der Waals surface area contributed by atoms with Gasteiger partial charge in [0.2, 0.25) is 0 Å². The van der Waals surface area contributed by atoms with E-state index in [2.05, 4.69) is 22.5 Å². The van der Waals surface area contributed by atoms with E-state index in [-0.39, 0.29) is 0 Å². The van der Waals surface area contributed by atoms with Crippen LogP contribution in [0.15, 0.2) is 18.2 Å². The molecule has 0 aliphatic carbocycles. The zero-order valence-corrected chi connectivity index (χ0v) is 13.6. The molecule has 4 heteroatoms. The maximum absolute atomic E-state index is 6.20. The molecule has 20 heavy (non-hydrogen) atoms. The number of aryl methyl sites for hydroxylation is 1. The minimum absolute atomic E-state index is 0.431. The second-order valence-corrected chi connectivity index (χ2v) is 5.86. The molecule has 0 aliphatic heterocycles. The summed E-state index contributed by atoms with van der Waals surface area (Å²) in [5.74, 6) is 1.35. The van der Waals surface area contributed by atoms with Crippen LogP contribution in [0.2, 0.25) is 5.02 Å². The Morgan fingerprint density at radius 1 is 1.10 bits per heavy atom. The molecule has 2 nitrogen and oxygen atoms in total. The van der Waals surface area contributed by atoms with Gasteiger partial charge in [0.15, 0.2) is 0 Å². The molecule has 2 aromatic rings. The summed E-state index contributed by atoms with van der Waals surface area (Å²) in [6.45, 7) is 3.22. The van der Waals surface area contributed by atoms with E-state index in [1.165, 1.54) is 38.5 Å². The van der Waals surface area contributed by atoms with E-state index in [0.717, 1.165) is 23.4 Å². The first kappa shape index (κ1) is 15.7. The monoisotopic (exact) mass is 312 g/mol. The Labute approximate surface area is 131 Å². The molecule has 0 unspecified atom stereocenters. The smallest absolute Gasteiger partial charge is 0.124 e. The fourth-order valence-corrected chi connectivity index (χ4v) is 2.98. The third-order valence-corrected chi connectivity index (χ3v) is 4.21. The molecular formula is C16H22Cl2N2. The van der Waals surface area contributed by atoms with Gasteiger partial charge in [0.05, 0.1) is 16.4 Å². The number of benzene rings is 1. The van der Waals surface area contributed by atoms with Crippen molar-refractivity contribution in [3.63, 3.8) is 0 Å². The number of para-hydroxylation sites is 1. The highest BCUT2D eigenvalue weighted by Gasteiger charge is 2.11. The number of hydrogen-bond acceptors (Lipinski definition) is 1. The van der Waals surface area contributed by atoms with Gasteiger partial charge in [-0.05, 0) is 18.6 Å². The minimum Gasteiger partial charge on any atom is -0.327 e. The van der Waals surface area contributed by atoms with E-state index < -0.39 is 0 Å². The normalized spacial score (nSPS) is 11.3. The highest BCUT2D eigenvalue weighted by molar-refractivity contribution is 6.34. The molecule has 1 heterocycles. The third-order valence-electron chi connectivity index (χ3n) is 3.66. The number of imidazole rings is 1. The van der Waals surface area contributed by atoms with Crippen molar-refractivity contribution in [2.24, 2.45) is 0 Å². The fourth-order valence-electron chi connectivity index (χ4n) is 2.56. The lowest BCUT2D eigenvalue weighted by Crippen LogP contribution is -2.02. The number of aromatic nitrogens is 2. The minimum atomic E-state index is 0.431. The molecule has 0 spiro atoms. The number of rotatable bonds is 8. The van der Waals surface area contributed by atoms with E-state index in [0.29, 0.717) is 10.9 Å². The molecule has 110 valence electrons. The molecule has 0 N–H and O–H groups in total. The summed E-state index contributed by atoms with van der Waals surface area (Å²) in [7, 11) is 0. The van der Waals surface area contributed by atoms with Crippen LogP contribution in [0.5, 0.6) is 0 Å². The highest BCUT2D eigenvalue weighted by Crippen LogP contribution is 2.25. The van der Waals surface area contributed by atoms with Crippen molar-refractivity contribution in [3.8, 4) is 0 Å². The van der Waals surface area contributed by atoms with Gasteiger partial charge in [-0.25, -0.2) is 4.98 Å². The van der Waals surface area contributed by atoms with Crippen LogP contribution in [0.25, 0.3) is 11.0 Å². The summed E-state index contributed by atoms with van der Waals surface area (Å²) >= 11 is 12.2. The van der Waals surface area contributed by atoms with Gasteiger partial charge in [-0.15, -0.1) is 11.6 Å². The van der Waals surface area contributed by atoms with Crippen LogP contribution in [0.1, 0.15) is 51.3 Å². The average molecular weight is 313 g/mol. The van der Waals surface area contributed by atoms with Crippen LogP contribution in [-0.2, 0) is 12.4 Å². The van der Waals surface area contributed by atoms with E-state index in [1.807, 2.05) is 12.1 Å². The predicted molar refractivity (Wildman–Crippen MR) is 87.7 cm³/mol. The Balaban J connectivity index is 2.03. The Bertz CT molecular complexity index is 549. The number of fused-ring (bicyclic) bond motifs is 1.